The summed E-state index contributed by atoms with van der Waals surface area (Å²) in [6.45, 7) is 0. The maximum absolute atomic E-state index is 2.47. The van der Waals surface area contributed by atoms with Crippen LogP contribution in [0.2, 0.25) is 0 Å². The molecule has 1 heteroatoms. The summed E-state index contributed by atoms with van der Waals surface area (Å²) in [6, 6.07) is 92.2. The Kier molecular flexibility index (Phi) is 8.05. The molecular formula is C60H41N. The maximum Gasteiger partial charge on any atom is 0.0714 e. The Labute approximate surface area is 357 Å². The van der Waals surface area contributed by atoms with Gasteiger partial charge in [0.05, 0.1) is 16.5 Å². The van der Waals surface area contributed by atoms with E-state index in [1.807, 2.05) is 0 Å². The van der Waals surface area contributed by atoms with E-state index in [1.54, 1.807) is 0 Å². The normalized spacial score (nSPS) is 13.8. The summed E-state index contributed by atoms with van der Waals surface area (Å²) < 4.78 is 0. The molecule has 0 N–H and O–H groups in total. The van der Waals surface area contributed by atoms with Gasteiger partial charge in [-0.2, -0.15) is 0 Å². The van der Waals surface area contributed by atoms with Crippen LogP contribution in [0.5, 0.6) is 0 Å². The largest absolute Gasteiger partial charge is 0.310 e. The second kappa shape index (κ2) is 13.9. The Bertz CT molecular complexity index is 3150. The first-order chi connectivity index (χ1) is 30.3. The third-order valence-corrected chi connectivity index (χ3v) is 13.4. The van der Waals surface area contributed by atoms with E-state index in [2.05, 4.69) is 254 Å². The molecule has 0 fully saturated rings. The van der Waals surface area contributed by atoms with Crippen LogP contribution >= 0.6 is 0 Å². The molecule has 2 aliphatic carbocycles. The second-order valence-electron chi connectivity index (χ2n) is 16.3. The average molecular weight is 776 g/mol. The van der Waals surface area contributed by atoms with Crippen LogP contribution in [0.3, 0.4) is 0 Å². The zero-order chi connectivity index (χ0) is 40.4. The highest BCUT2D eigenvalue weighted by Gasteiger charge is 2.47. The van der Waals surface area contributed by atoms with Crippen LogP contribution in [0.25, 0.3) is 33.0 Å². The molecule has 286 valence electrons. The number of rotatable bonds is 7. The fourth-order valence-corrected chi connectivity index (χ4v) is 11.0. The Morgan fingerprint density at radius 3 is 1.20 bits per heavy atom. The van der Waals surface area contributed by atoms with Crippen molar-refractivity contribution in [2.45, 2.75) is 10.8 Å². The fraction of sp³-hybridized carbons (Fsp3) is 0.0333. The summed E-state index contributed by atoms with van der Waals surface area (Å²) in [5.74, 6) is 0. The van der Waals surface area contributed by atoms with Gasteiger partial charge in [0, 0.05) is 16.8 Å². The Balaban J connectivity index is 1.10. The van der Waals surface area contributed by atoms with Crippen molar-refractivity contribution in [3.63, 3.8) is 0 Å². The molecule has 1 nitrogen and oxygen atoms in total. The molecule has 0 bridgehead atoms. The topological polar surface area (TPSA) is 3.24 Å². The molecule has 0 spiro atoms. The highest BCUT2D eigenvalue weighted by atomic mass is 15.1. The zero-order valence-corrected chi connectivity index (χ0v) is 33.6. The smallest absolute Gasteiger partial charge is 0.0714 e. The lowest BCUT2D eigenvalue weighted by atomic mass is 9.67. The minimum atomic E-state index is -0.510. The summed E-state index contributed by atoms with van der Waals surface area (Å²) >= 11 is 0. The molecule has 0 saturated carbocycles. The number of nitrogens with zero attached hydrogens (tertiary/aromatic N) is 1. The van der Waals surface area contributed by atoms with Gasteiger partial charge in [-0.05, 0) is 102 Å². The molecule has 0 unspecified atom stereocenters. The molecule has 0 heterocycles. The molecule has 0 amide bonds. The molecule has 12 rings (SSSR count). The molecule has 0 aromatic heterocycles. The number of hydrogen-bond acceptors (Lipinski definition) is 1. The highest BCUT2D eigenvalue weighted by Crippen LogP contribution is 2.59. The zero-order valence-electron chi connectivity index (χ0n) is 33.6. The number of hydrogen-bond donors (Lipinski definition) is 0. The van der Waals surface area contributed by atoms with E-state index in [4.69, 9.17) is 0 Å². The summed E-state index contributed by atoms with van der Waals surface area (Å²) in [5.41, 5.74) is 17.8. The molecule has 61 heavy (non-hydrogen) atoms. The number of anilines is 3. The summed E-state index contributed by atoms with van der Waals surface area (Å²) in [5, 5.41) is 2.41. The van der Waals surface area contributed by atoms with E-state index >= 15 is 0 Å². The monoisotopic (exact) mass is 775 g/mol. The van der Waals surface area contributed by atoms with E-state index in [0.29, 0.717) is 0 Å². The molecule has 10 aromatic rings. The van der Waals surface area contributed by atoms with E-state index in [1.165, 1.54) is 77.5 Å². The van der Waals surface area contributed by atoms with Gasteiger partial charge in [-0.15, -0.1) is 0 Å². The van der Waals surface area contributed by atoms with Gasteiger partial charge in [0.25, 0.3) is 0 Å². The average Bonchev–Trinajstić information content (AvgIpc) is 3.81. The van der Waals surface area contributed by atoms with Crippen LogP contribution in [0.4, 0.5) is 17.1 Å². The van der Waals surface area contributed by atoms with Crippen molar-refractivity contribution in [2.24, 2.45) is 0 Å². The molecule has 0 aliphatic heterocycles. The van der Waals surface area contributed by atoms with Gasteiger partial charge in [-0.25, -0.2) is 0 Å². The lowest BCUT2D eigenvalue weighted by Gasteiger charge is -2.35. The van der Waals surface area contributed by atoms with Crippen molar-refractivity contribution in [1.29, 1.82) is 0 Å². The quantitative estimate of drug-likeness (QED) is 0.156. The molecule has 0 radical (unpaired) electrons. The first-order valence-electron chi connectivity index (χ1n) is 21.3. The maximum atomic E-state index is 2.47. The van der Waals surface area contributed by atoms with Crippen LogP contribution < -0.4 is 4.90 Å². The van der Waals surface area contributed by atoms with E-state index in [9.17, 15) is 0 Å². The summed E-state index contributed by atoms with van der Waals surface area (Å²) in [7, 11) is 0. The fourth-order valence-electron chi connectivity index (χ4n) is 11.0. The van der Waals surface area contributed by atoms with Gasteiger partial charge in [-0.1, -0.05) is 218 Å². The van der Waals surface area contributed by atoms with Crippen LogP contribution in [-0.2, 0) is 10.8 Å². The number of benzene rings is 10. The van der Waals surface area contributed by atoms with Crippen molar-refractivity contribution < 1.29 is 0 Å². The third-order valence-electron chi connectivity index (χ3n) is 13.4. The molecular weight excluding hydrogens is 735 g/mol. The lowest BCUT2D eigenvalue weighted by Crippen LogP contribution is -2.29. The van der Waals surface area contributed by atoms with Gasteiger partial charge in [0.15, 0.2) is 0 Å². The van der Waals surface area contributed by atoms with Crippen molar-refractivity contribution in [3.8, 4) is 22.3 Å². The summed E-state index contributed by atoms with van der Waals surface area (Å²) in [4.78, 5) is 2.47. The molecule has 0 saturated heterocycles. The minimum absolute atomic E-state index is 0.471. The van der Waals surface area contributed by atoms with Crippen LogP contribution in [-0.4, -0.2) is 0 Å². The van der Waals surface area contributed by atoms with Crippen molar-refractivity contribution in [2.75, 3.05) is 4.90 Å². The Morgan fingerprint density at radius 2 is 0.656 bits per heavy atom. The van der Waals surface area contributed by atoms with Crippen molar-refractivity contribution >= 4 is 27.8 Å². The van der Waals surface area contributed by atoms with Crippen molar-refractivity contribution in [1.82, 2.24) is 0 Å². The predicted molar refractivity (Wildman–Crippen MR) is 253 cm³/mol. The molecule has 10 aromatic carbocycles. The minimum Gasteiger partial charge on any atom is -0.310 e. The van der Waals surface area contributed by atoms with Gasteiger partial charge in [0.1, 0.15) is 0 Å². The number of fused-ring (bicyclic) bond motifs is 7. The predicted octanol–water partition coefficient (Wildman–Crippen LogP) is 15.0. The lowest BCUT2D eigenvalue weighted by molar-refractivity contribution is 0.768. The van der Waals surface area contributed by atoms with Gasteiger partial charge in [0.2, 0.25) is 0 Å². The molecule has 0 atom stereocenters. The van der Waals surface area contributed by atoms with Gasteiger partial charge < -0.3 is 4.90 Å². The Morgan fingerprint density at radius 1 is 0.262 bits per heavy atom. The Hall–Kier alpha value is -7.74. The summed E-state index contributed by atoms with van der Waals surface area (Å²) in [6.07, 6.45) is 0. The second-order valence-corrected chi connectivity index (χ2v) is 16.3. The van der Waals surface area contributed by atoms with Crippen molar-refractivity contribution in [3.05, 3.63) is 293 Å². The van der Waals surface area contributed by atoms with Gasteiger partial charge >= 0.3 is 0 Å². The van der Waals surface area contributed by atoms with E-state index in [0.717, 1.165) is 17.1 Å². The standard InChI is InChI=1S/C60H41N/c1-4-21-43(22-5-1)59(54-31-15-12-28-50(54)51-29-13-16-32-55(51)59)46-35-37-47(38-36-46)61(58-34-18-20-42-19-10-11-27-49(42)58)48-39-40-53-52-30-14-17-33-56(52)60(57(53)41-48,44-23-6-2-7-24-44)45-25-8-3-9-26-45/h1-41H. The van der Waals surface area contributed by atoms with Gasteiger partial charge in [-0.3, -0.25) is 0 Å². The van der Waals surface area contributed by atoms with Crippen LogP contribution in [0.1, 0.15) is 44.5 Å². The van der Waals surface area contributed by atoms with E-state index < -0.39 is 10.8 Å². The SMILES string of the molecule is c1ccc(C2(c3ccc(N(c4ccc5c(c4)C(c4ccccc4)(c4ccccc4)c4ccccc4-5)c4cccc5ccccc45)cc3)c3ccccc3-c3ccccc32)cc1. The van der Waals surface area contributed by atoms with E-state index in [-0.39, 0.29) is 0 Å². The first kappa shape index (κ1) is 35.2. The first-order valence-corrected chi connectivity index (χ1v) is 21.3. The molecule has 2 aliphatic rings. The highest BCUT2D eigenvalue weighted by molar-refractivity contribution is 6.00. The van der Waals surface area contributed by atoms with Crippen LogP contribution in [0, 0.1) is 0 Å². The third kappa shape index (κ3) is 5.08. The van der Waals surface area contributed by atoms with Crippen LogP contribution in [0.15, 0.2) is 249 Å².